The molecule has 3 rings (SSSR count). The number of thioether (sulfide) groups is 1. The zero-order chi connectivity index (χ0) is 21.1. The average molecular weight is 424 g/mol. The molecule has 0 radical (unpaired) electrons. The number of ether oxygens (including phenoxy) is 1. The smallest absolute Gasteiger partial charge is 0.389 e. The summed E-state index contributed by atoms with van der Waals surface area (Å²) in [5.74, 6) is 0.671. The SMILES string of the molecule is CC[C@]1(C(=O)CCC(F)(F)F)CSc2cc(OC)ccc2[C@H](c2ccccc2)N1. The number of hydrogen-bond acceptors (Lipinski definition) is 4. The van der Waals surface area contributed by atoms with Crippen LogP contribution in [0.2, 0.25) is 0 Å². The molecule has 7 heteroatoms. The summed E-state index contributed by atoms with van der Waals surface area (Å²) in [6.07, 6.45) is -5.56. The molecule has 0 saturated carbocycles. The molecule has 0 saturated heterocycles. The first-order chi connectivity index (χ1) is 13.8. The lowest BCUT2D eigenvalue weighted by Crippen LogP contribution is -2.54. The molecule has 0 spiro atoms. The molecule has 0 fully saturated rings. The van der Waals surface area contributed by atoms with E-state index in [2.05, 4.69) is 5.32 Å². The molecule has 3 nitrogen and oxygen atoms in total. The lowest BCUT2D eigenvalue weighted by atomic mass is 9.86. The number of carbonyl (C=O) groups excluding carboxylic acids is 1. The van der Waals surface area contributed by atoms with Crippen molar-refractivity contribution in [2.45, 2.75) is 48.8 Å². The van der Waals surface area contributed by atoms with Crippen LogP contribution in [0.15, 0.2) is 53.4 Å². The summed E-state index contributed by atoms with van der Waals surface area (Å²) in [4.78, 5) is 14.0. The van der Waals surface area contributed by atoms with Crippen LogP contribution in [-0.2, 0) is 4.79 Å². The molecule has 1 aliphatic rings. The molecule has 0 aromatic heterocycles. The minimum Gasteiger partial charge on any atom is -0.497 e. The molecule has 0 aliphatic carbocycles. The first kappa shape index (κ1) is 21.7. The standard InChI is InChI=1S/C22H24F3NO2S/c1-3-21(19(27)11-12-22(23,24)25)14-29-18-13-16(28-2)9-10-17(18)20(26-21)15-7-5-4-6-8-15/h4-10,13,20,26H,3,11-12,14H2,1-2H3/t20-,21+/m0/s1. The second kappa shape index (κ2) is 8.79. The number of Topliss-reactive ketones (excluding diaryl/α,β-unsaturated/α-hetero) is 1. The molecular weight excluding hydrogens is 399 g/mol. The van der Waals surface area contributed by atoms with Gasteiger partial charge in [-0.3, -0.25) is 10.1 Å². The summed E-state index contributed by atoms with van der Waals surface area (Å²) in [6.45, 7) is 1.84. The Hall–Kier alpha value is -1.99. The van der Waals surface area contributed by atoms with Gasteiger partial charge in [0.25, 0.3) is 0 Å². The van der Waals surface area contributed by atoms with Gasteiger partial charge in [-0.15, -0.1) is 11.8 Å². The highest BCUT2D eigenvalue weighted by atomic mass is 32.2. The van der Waals surface area contributed by atoms with Crippen LogP contribution in [0.5, 0.6) is 5.75 Å². The van der Waals surface area contributed by atoms with Crippen molar-refractivity contribution in [3.63, 3.8) is 0 Å². The van der Waals surface area contributed by atoms with Crippen LogP contribution in [0.1, 0.15) is 43.4 Å². The second-order valence-electron chi connectivity index (χ2n) is 7.15. The Labute approximate surface area is 173 Å². The van der Waals surface area contributed by atoms with Crippen molar-refractivity contribution < 1.29 is 22.7 Å². The highest BCUT2D eigenvalue weighted by Crippen LogP contribution is 2.41. The van der Waals surface area contributed by atoms with Crippen LogP contribution in [0, 0.1) is 0 Å². The summed E-state index contributed by atoms with van der Waals surface area (Å²) in [6, 6.07) is 15.1. The average Bonchev–Trinajstić information content (AvgIpc) is 2.89. The van der Waals surface area contributed by atoms with Gasteiger partial charge < -0.3 is 4.74 Å². The molecular formula is C22H24F3NO2S. The van der Waals surface area contributed by atoms with Gasteiger partial charge in [-0.2, -0.15) is 13.2 Å². The Kier molecular flexibility index (Phi) is 6.58. The zero-order valence-corrected chi connectivity index (χ0v) is 17.2. The maximum Gasteiger partial charge on any atom is 0.389 e. The molecule has 2 atom stereocenters. The van der Waals surface area contributed by atoms with Gasteiger partial charge in [-0.1, -0.05) is 43.3 Å². The first-order valence-electron chi connectivity index (χ1n) is 9.51. The molecule has 0 unspecified atom stereocenters. The number of nitrogens with one attached hydrogen (secondary N) is 1. The third kappa shape index (κ3) is 4.95. The van der Waals surface area contributed by atoms with Gasteiger partial charge in [-0.25, -0.2) is 0 Å². The van der Waals surface area contributed by atoms with Crippen LogP contribution in [0.3, 0.4) is 0 Å². The van der Waals surface area contributed by atoms with Crippen molar-refractivity contribution in [1.29, 1.82) is 0 Å². The van der Waals surface area contributed by atoms with E-state index in [1.54, 1.807) is 7.11 Å². The minimum absolute atomic E-state index is 0.304. The van der Waals surface area contributed by atoms with E-state index in [9.17, 15) is 18.0 Å². The van der Waals surface area contributed by atoms with E-state index in [0.29, 0.717) is 17.9 Å². The number of benzene rings is 2. The van der Waals surface area contributed by atoms with Crippen molar-refractivity contribution in [2.75, 3.05) is 12.9 Å². The van der Waals surface area contributed by atoms with Crippen LogP contribution >= 0.6 is 11.8 Å². The van der Waals surface area contributed by atoms with E-state index in [1.165, 1.54) is 11.8 Å². The summed E-state index contributed by atoms with van der Waals surface area (Å²) < 4.78 is 43.6. The summed E-state index contributed by atoms with van der Waals surface area (Å²) in [5.41, 5.74) is 0.909. The van der Waals surface area contributed by atoms with Crippen LogP contribution in [0.4, 0.5) is 13.2 Å². The lowest BCUT2D eigenvalue weighted by Gasteiger charge is -2.34. The van der Waals surface area contributed by atoms with Crippen molar-refractivity contribution in [2.24, 2.45) is 0 Å². The molecule has 2 aromatic rings. The largest absolute Gasteiger partial charge is 0.497 e. The molecule has 2 aromatic carbocycles. The van der Waals surface area contributed by atoms with E-state index < -0.39 is 30.3 Å². The fourth-order valence-corrected chi connectivity index (χ4v) is 4.97. The molecule has 1 aliphatic heterocycles. The number of alkyl halides is 3. The Morgan fingerprint density at radius 2 is 1.97 bits per heavy atom. The van der Waals surface area contributed by atoms with Crippen LogP contribution in [0.25, 0.3) is 0 Å². The Bertz CT molecular complexity index is 857. The number of fused-ring (bicyclic) bond motifs is 1. The first-order valence-corrected chi connectivity index (χ1v) is 10.5. The monoisotopic (exact) mass is 423 g/mol. The third-order valence-electron chi connectivity index (χ3n) is 5.33. The molecule has 156 valence electrons. The molecule has 1 heterocycles. The molecule has 1 N–H and O–H groups in total. The third-order valence-corrected chi connectivity index (χ3v) is 6.63. The van der Waals surface area contributed by atoms with Crippen molar-refractivity contribution >= 4 is 17.5 Å². The van der Waals surface area contributed by atoms with Gasteiger partial charge in [0.2, 0.25) is 0 Å². The number of carbonyl (C=O) groups is 1. The molecule has 0 amide bonds. The number of rotatable bonds is 6. The van der Waals surface area contributed by atoms with Crippen molar-refractivity contribution in [3.05, 3.63) is 59.7 Å². The van der Waals surface area contributed by atoms with Gasteiger partial charge >= 0.3 is 6.18 Å². The Morgan fingerprint density at radius 3 is 2.59 bits per heavy atom. The summed E-state index contributed by atoms with van der Waals surface area (Å²) in [5, 5.41) is 3.45. The fourth-order valence-electron chi connectivity index (χ4n) is 3.57. The van der Waals surface area contributed by atoms with Crippen LogP contribution < -0.4 is 10.1 Å². The molecule has 0 bridgehead atoms. The quantitative estimate of drug-likeness (QED) is 0.662. The Morgan fingerprint density at radius 1 is 1.24 bits per heavy atom. The Balaban J connectivity index is 2.01. The predicted molar refractivity (Wildman–Crippen MR) is 108 cm³/mol. The minimum atomic E-state index is -4.35. The van der Waals surface area contributed by atoms with E-state index in [0.717, 1.165) is 16.0 Å². The summed E-state index contributed by atoms with van der Waals surface area (Å²) >= 11 is 1.49. The van der Waals surface area contributed by atoms with E-state index in [1.807, 2.05) is 55.5 Å². The summed E-state index contributed by atoms with van der Waals surface area (Å²) in [7, 11) is 1.59. The van der Waals surface area contributed by atoms with E-state index in [4.69, 9.17) is 4.74 Å². The van der Waals surface area contributed by atoms with Crippen LogP contribution in [-0.4, -0.2) is 30.4 Å². The predicted octanol–water partition coefficient (Wildman–Crippen LogP) is 5.54. The number of halogens is 3. The lowest BCUT2D eigenvalue weighted by molar-refractivity contribution is -0.145. The number of hydrogen-bond donors (Lipinski definition) is 1. The van der Waals surface area contributed by atoms with Gasteiger partial charge in [0, 0.05) is 17.1 Å². The van der Waals surface area contributed by atoms with Crippen molar-refractivity contribution in [3.8, 4) is 5.75 Å². The van der Waals surface area contributed by atoms with E-state index >= 15 is 0 Å². The number of methoxy groups -OCH3 is 1. The van der Waals surface area contributed by atoms with Crippen molar-refractivity contribution in [1.82, 2.24) is 5.32 Å². The highest BCUT2D eigenvalue weighted by molar-refractivity contribution is 7.99. The topological polar surface area (TPSA) is 38.3 Å². The van der Waals surface area contributed by atoms with Gasteiger partial charge in [0.1, 0.15) is 5.75 Å². The maximum absolute atomic E-state index is 13.0. The zero-order valence-electron chi connectivity index (χ0n) is 16.4. The highest BCUT2D eigenvalue weighted by Gasteiger charge is 2.42. The second-order valence-corrected chi connectivity index (χ2v) is 8.17. The normalized spacial score (nSPS) is 21.9. The van der Waals surface area contributed by atoms with Gasteiger partial charge in [0.15, 0.2) is 5.78 Å². The molecule has 29 heavy (non-hydrogen) atoms. The maximum atomic E-state index is 13.0. The van der Waals surface area contributed by atoms with Gasteiger partial charge in [0.05, 0.1) is 25.1 Å². The number of ketones is 1. The van der Waals surface area contributed by atoms with Gasteiger partial charge in [-0.05, 0) is 29.7 Å². The van der Waals surface area contributed by atoms with E-state index in [-0.39, 0.29) is 6.04 Å². The fraction of sp³-hybridized carbons (Fsp3) is 0.409.